The van der Waals surface area contributed by atoms with Crippen molar-refractivity contribution in [3.05, 3.63) is 47.5 Å². The van der Waals surface area contributed by atoms with Crippen LogP contribution >= 0.6 is 0 Å². The van der Waals surface area contributed by atoms with E-state index in [0.29, 0.717) is 24.3 Å². The van der Waals surface area contributed by atoms with Crippen LogP contribution in [-0.4, -0.2) is 48.7 Å². The van der Waals surface area contributed by atoms with Gasteiger partial charge in [0.25, 0.3) is 5.91 Å². The van der Waals surface area contributed by atoms with E-state index in [9.17, 15) is 9.90 Å². The Morgan fingerprint density at radius 3 is 2.67 bits per heavy atom. The van der Waals surface area contributed by atoms with Crippen LogP contribution in [0.3, 0.4) is 0 Å². The number of benzene rings is 1. The third-order valence-electron chi connectivity index (χ3n) is 12.9. The quantitative estimate of drug-likeness (QED) is 0.321. The monoisotopic (exact) mass is 590 g/mol. The Kier molecular flexibility index (Phi) is 8.83. The van der Waals surface area contributed by atoms with Gasteiger partial charge in [0, 0.05) is 18.6 Å². The minimum atomic E-state index is -0.119. The summed E-state index contributed by atoms with van der Waals surface area (Å²) in [6, 6.07) is 10.7. The predicted octanol–water partition coefficient (Wildman–Crippen LogP) is 6.96. The summed E-state index contributed by atoms with van der Waals surface area (Å²) in [5.41, 5.74) is 4.20. The van der Waals surface area contributed by atoms with Crippen LogP contribution in [0.2, 0.25) is 0 Å². The normalized spacial score (nSPS) is 39.9. The van der Waals surface area contributed by atoms with Crippen LogP contribution in [0.4, 0.5) is 0 Å². The molecule has 0 bridgehead atoms. The molecule has 4 fully saturated rings. The molecule has 0 radical (unpaired) electrons. The van der Waals surface area contributed by atoms with E-state index in [1.165, 1.54) is 30.4 Å². The van der Waals surface area contributed by atoms with Gasteiger partial charge >= 0.3 is 0 Å². The SMILES string of the molecule is CC(C)[C@@H]1C[C@](CCNC(=O)CO/N=C2\C=C3CC[C@H]4[C@@H](CC[C@]5(C)[C@H](O)CC[C@@H]45)[C@@]3(C)CC2)(c2ccccc2)CCO1. The molecule has 2 N–H and O–H groups in total. The number of nitrogens with zero attached hydrogens (tertiary/aromatic N) is 1. The van der Waals surface area contributed by atoms with Gasteiger partial charge in [-0.2, -0.15) is 0 Å². The van der Waals surface area contributed by atoms with Crippen LogP contribution in [0.15, 0.2) is 47.1 Å². The van der Waals surface area contributed by atoms with E-state index in [2.05, 4.69) is 74.6 Å². The van der Waals surface area contributed by atoms with Crippen molar-refractivity contribution in [1.29, 1.82) is 0 Å². The topological polar surface area (TPSA) is 80.2 Å². The number of aliphatic hydroxyl groups excluding tert-OH is 1. The van der Waals surface area contributed by atoms with Gasteiger partial charge in [-0.05, 0) is 117 Å². The van der Waals surface area contributed by atoms with E-state index >= 15 is 0 Å². The third kappa shape index (κ3) is 5.83. The highest BCUT2D eigenvalue weighted by atomic mass is 16.6. The van der Waals surface area contributed by atoms with Gasteiger partial charge in [-0.25, -0.2) is 0 Å². The van der Waals surface area contributed by atoms with Gasteiger partial charge in [0.1, 0.15) is 0 Å². The number of fused-ring (bicyclic) bond motifs is 5. The van der Waals surface area contributed by atoms with E-state index < -0.39 is 0 Å². The molecule has 1 saturated heterocycles. The summed E-state index contributed by atoms with van der Waals surface area (Å²) in [5, 5.41) is 18.3. The molecule has 1 aromatic rings. The number of hydrogen-bond acceptors (Lipinski definition) is 5. The van der Waals surface area contributed by atoms with Crippen molar-refractivity contribution in [2.45, 2.75) is 116 Å². The van der Waals surface area contributed by atoms with E-state index in [1.54, 1.807) is 0 Å². The lowest BCUT2D eigenvalue weighted by atomic mass is 9.47. The predicted molar refractivity (Wildman–Crippen MR) is 171 cm³/mol. The molecule has 5 aliphatic rings. The highest BCUT2D eigenvalue weighted by Gasteiger charge is 2.58. The molecule has 0 aromatic heterocycles. The average molecular weight is 591 g/mol. The number of carbonyl (C=O) groups excluding carboxylic acids is 1. The van der Waals surface area contributed by atoms with Crippen molar-refractivity contribution in [3.63, 3.8) is 0 Å². The zero-order valence-corrected chi connectivity index (χ0v) is 26.9. The number of oxime groups is 1. The Balaban J connectivity index is 1.02. The first-order valence-corrected chi connectivity index (χ1v) is 17.2. The lowest BCUT2D eigenvalue weighted by Gasteiger charge is -2.57. The van der Waals surface area contributed by atoms with Gasteiger partial charge in [0.15, 0.2) is 6.61 Å². The Labute approximate surface area is 259 Å². The molecule has 6 heteroatoms. The lowest BCUT2D eigenvalue weighted by Crippen LogP contribution is -2.51. The van der Waals surface area contributed by atoms with Crippen LogP contribution in [0, 0.1) is 34.5 Å². The maximum atomic E-state index is 12.8. The summed E-state index contributed by atoms with van der Waals surface area (Å²) in [6.45, 7) is 10.6. The first-order chi connectivity index (χ1) is 20.6. The van der Waals surface area contributed by atoms with E-state index in [0.717, 1.165) is 69.6 Å². The number of rotatable bonds is 8. The zero-order chi connectivity index (χ0) is 30.2. The van der Waals surface area contributed by atoms with Crippen LogP contribution in [0.5, 0.6) is 0 Å². The number of carbonyl (C=O) groups is 1. The Hall–Kier alpha value is -2.18. The molecule has 236 valence electrons. The Bertz CT molecular complexity index is 1210. The van der Waals surface area contributed by atoms with Gasteiger partial charge in [-0.15, -0.1) is 0 Å². The summed E-state index contributed by atoms with van der Waals surface area (Å²) in [4.78, 5) is 18.4. The van der Waals surface area contributed by atoms with Gasteiger partial charge < -0.3 is 20.0 Å². The van der Waals surface area contributed by atoms with Crippen molar-refractivity contribution < 1.29 is 19.5 Å². The van der Waals surface area contributed by atoms with Crippen LogP contribution in [0.1, 0.15) is 104 Å². The summed E-state index contributed by atoms with van der Waals surface area (Å²) >= 11 is 0. The second-order valence-corrected chi connectivity index (χ2v) is 15.3. The second-order valence-electron chi connectivity index (χ2n) is 15.3. The number of aliphatic hydroxyl groups is 1. The van der Waals surface area contributed by atoms with Crippen molar-refractivity contribution >= 4 is 11.6 Å². The van der Waals surface area contributed by atoms with Crippen LogP contribution in [-0.2, 0) is 19.8 Å². The first-order valence-electron chi connectivity index (χ1n) is 17.2. The molecule has 1 heterocycles. The molecular formula is C37H54N2O4. The minimum Gasteiger partial charge on any atom is -0.393 e. The number of amides is 1. The fourth-order valence-electron chi connectivity index (χ4n) is 10.1. The van der Waals surface area contributed by atoms with Gasteiger partial charge in [-0.1, -0.05) is 68.8 Å². The minimum absolute atomic E-state index is 0.0112. The van der Waals surface area contributed by atoms with Crippen molar-refractivity contribution in [1.82, 2.24) is 5.32 Å². The van der Waals surface area contributed by atoms with Crippen molar-refractivity contribution in [2.24, 2.45) is 39.7 Å². The van der Waals surface area contributed by atoms with Gasteiger partial charge in [0.2, 0.25) is 0 Å². The van der Waals surface area contributed by atoms with E-state index in [-0.39, 0.29) is 41.0 Å². The molecule has 8 atom stereocenters. The summed E-state index contributed by atoms with van der Waals surface area (Å²) < 4.78 is 6.11. The summed E-state index contributed by atoms with van der Waals surface area (Å²) in [6.07, 6.45) is 14.1. The molecular weight excluding hydrogens is 536 g/mol. The maximum Gasteiger partial charge on any atom is 0.260 e. The smallest absolute Gasteiger partial charge is 0.260 e. The number of ether oxygens (including phenoxy) is 1. The lowest BCUT2D eigenvalue weighted by molar-refractivity contribution is -0.125. The van der Waals surface area contributed by atoms with Crippen LogP contribution < -0.4 is 5.32 Å². The molecule has 1 aliphatic heterocycles. The zero-order valence-electron chi connectivity index (χ0n) is 26.9. The van der Waals surface area contributed by atoms with Crippen LogP contribution in [0.25, 0.3) is 0 Å². The number of hydrogen-bond donors (Lipinski definition) is 2. The summed E-state index contributed by atoms with van der Waals surface area (Å²) in [5.74, 6) is 2.46. The highest BCUT2D eigenvalue weighted by Crippen LogP contribution is 2.65. The molecule has 1 amide bonds. The molecule has 4 aliphatic carbocycles. The average Bonchev–Trinajstić information content (AvgIpc) is 3.31. The molecule has 3 saturated carbocycles. The maximum absolute atomic E-state index is 12.8. The molecule has 43 heavy (non-hydrogen) atoms. The number of nitrogens with one attached hydrogen (secondary N) is 1. The van der Waals surface area contributed by atoms with Crippen molar-refractivity contribution in [2.75, 3.05) is 19.8 Å². The first kappa shape index (κ1) is 30.8. The molecule has 0 spiro atoms. The Morgan fingerprint density at radius 1 is 1.07 bits per heavy atom. The largest absolute Gasteiger partial charge is 0.393 e. The fraction of sp³-hybridized carbons (Fsp3) is 0.730. The molecule has 0 unspecified atom stereocenters. The summed E-state index contributed by atoms with van der Waals surface area (Å²) in [7, 11) is 0. The van der Waals surface area contributed by atoms with E-state index in [1.807, 2.05) is 0 Å². The van der Waals surface area contributed by atoms with Gasteiger partial charge in [0.05, 0.1) is 17.9 Å². The van der Waals surface area contributed by atoms with E-state index in [4.69, 9.17) is 9.57 Å². The molecule has 6 rings (SSSR count). The molecule has 1 aromatic carbocycles. The fourth-order valence-corrected chi connectivity index (χ4v) is 10.1. The third-order valence-corrected chi connectivity index (χ3v) is 12.9. The van der Waals surface area contributed by atoms with Crippen molar-refractivity contribution in [3.8, 4) is 0 Å². The second kappa shape index (κ2) is 12.3. The molecule has 6 nitrogen and oxygen atoms in total. The Morgan fingerprint density at radius 2 is 1.88 bits per heavy atom. The van der Waals surface area contributed by atoms with Gasteiger partial charge in [-0.3, -0.25) is 4.79 Å². The number of allylic oxidation sites excluding steroid dienone is 2. The highest BCUT2D eigenvalue weighted by molar-refractivity contribution is 5.96. The standard InChI is InChI=1S/C37H54N2O4/c1-25(2)32-23-37(19-21-42-32,26-8-6-5-7-9-26)18-20-38-34(41)24-43-39-28-14-16-35(3)27(22-28)10-11-29-30-12-13-33(40)36(30,4)17-15-31(29)35/h5-9,22,25,29-33,40H,10-21,23-24H2,1-4H3,(H,38,41)/b39-28-/t29-,30+,31-,32+,33-,35+,36+,37-/m1/s1.